The fourth-order valence-corrected chi connectivity index (χ4v) is 1.76. The van der Waals surface area contributed by atoms with E-state index in [0.29, 0.717) is 23.8 Å². The summed E-state index contributed by atoms with van der Waals surface area (Å²) in [6.07, 6.45) is 0.552. The van der Waals surface area contributed by atoms with Crippen molar-refractivity contribution in [2.45, 2.75) is 27.2 Å². The van der Waals surface area contributed by atoms with Gasteiger partial charge in [0.25, 0.3) is 0 Å². The molecule has 0 unspecified atom stereocenters. The summed E-state index contributed by atoms with van der Waals surface area (Å²) in [4.78, 5) is 12.0. The molecule has 1 aromatic carbocycles. The monoisotopic (exact) mass is 236 g/mol. The highest BCUT2D eigenvalue weighted by molar-refractivity contribution is 5.98. The number of hydrogen-bond donors (Lipinski definition) is 0. The van der Waals surface area contributed by atoms with Crippen LogP contribution < -0.4 is 9.47 Å². The zero-order chi connectivity index (χ0) is 13.0. The van der Waals surface area contributed by atoms with E-state index in [0.717, 1.165) is 11.1 Å². The van der Waals surface area contributed by atoms with Crippen molar-refractivity contribution in [2.75, 3.05) is 14.2 Å². The van der Waals surface area contributed by atoms with Gasteiger partial charge in [0.15, 0.2) is 17.3 Å². The lowest BCUT2D eigenvalue weighted by atomic mass is 9.97. The van der Waals surface area contributed by atoms with Gasteiger partial charge < -0.3 is 9.47 Å². The zero-order valence-electron chi connectivity index (χ0n) is 11.2. The van der Waals surface area contributed by atoms with Crippen LogP contribution in [0.25, 0.3) is 0 Å². The van der Waals surface area contributed by atoms with E-state index in [4.69, 9.17) is 9.47 Å². The Morgan fingerprint density at radius 3 is 2.18 bits per heavy atom. The number of hydrogen-bond acceptors (Lipinski definition) is 3. The molecule has 0 aliphatic carbocycles. The average Bonchev–Trinajstić information content (AvgIpc) is 2.27. The summed E-state index contributed by atoms with van der Waals surface area (Å²) in [5, 5.41) is 0. The average molecular weight is 236 g/mol. The Balaban J connectivity index is 3.12. The molecular formula is C14H20O3. The Morgan fingerprint density at radius 2 is 1.71 bits per heavy atom. The highest BCUT2D eigenvalue weighted by Crippen LogP contribution is 2.31. The number of aryl methyl sites for hydroxylation is 1. The molecule has 17 heavy (non-hydrogen) atoms. The molecule has 3 heteroatoms. The third kappa shape index (κ3) is 3.22. The minimum atomic E-state index is 0.151. The van der Waals surface area contributed by atoms with Gasteiger partial charge in [-0.25, -0.2) is 0 Å². The first-order valence-corrected chi connectivity index (χ1v) is 5.75. The Bertz CT molecular complexity index is 408. The molecular weight excluding hydrogens is 216 g/mol. The molecule has 0 atom stereocenters. The molecule has 0 bridgehead atoms. The van der Waals surface area contributed by atoms with Crippen LogP contribution in [0.1, 0.15) is 36.2 Å². The number of Topliss-reactive ketones (excluding diaryl/α,β-unsaturated/α-hetero) is 1. The minimum absolute atomic E-state index is 0.151. The predicted molar refractivity (Wildman–Crippen MR) is 68.1 cm³/mol. The molecule has 3 nitrogen and oxygen atoms in total. The number of ketones is 1. The number of carbonyl (C=O) groups excluding carboxylic acids is 1. The summed E-state index contributed by atoms with van der Waals surface area (Å²) < 4.78 is 10.4. The number of rotatable bonds is 5. The van der Waals surface area contributed by atoms with Gasteiger partial charge in [-0.3, -0.25) is 4.79 Å². The zero-order valence-corrected chi connectivity index (χ0v) is 11.2. The van der Waals surface area contributed by atoms with E-state index >= 15 is 0 Å². The van der Waals surface area contributed by atoms with Crippen molar-refractivity contribution in [3.8, 4) is 11.5 Å². The van der Waals surface area contributed by atoms with Crippen LogP contribution in [-0.4, -0.2) is 20.0 Å². The van der Waals surface area contributed by atoms with Crippen molar-refractivity contribution in [1.82, 2.24) is 0 Å². The van der Waals surface area contributed by atoms with Gasteiger partial charge >= 0.3 is 0 Å². The third-order valence-electron chi connectivity index (χ3n) is 2.62. The van der Waals surface area contributed by atoms with E-state index in [9.17, 15) is 4.79 Å². The normalized spacial score (nSPS) is 10.5. The van der Waals surface area contributed by atoms with E-state index in [1.54, 1.807) is 20.3 Å². The first-order chi connectivity index (χ1) is 7.99. The fraction of sp³-hybridized carbons (Fsp3) is 0.500. The summed E-state index contributed by atoms with van der Waals surface area (Å²) in [5.41, 5.74) is 1.64. The number of methoxy groups -OCH3 is 2. The molecule has 0 radical (unpaired) electrons. The molecule has 94 valence electrons. The van der Waals surface area contributed by atoms with E-state index in [1.165, 1.54) is 0 Å². The second-order valence-corrected chi connectivity index (χ2v) is 4.54. The molecule has 0 heterocycles. The maximum atomic E-state index is 12.0. The van der Waals surface area contributed by atoms with Crippen LogP contribution in [0.5, 0.6) is 11.5 Å². The fourth-order valence-electron chi connectivity index (χ4n) is 1.76. The standard InChI is InChI=1S/C14H20O3/c1-9(2)6-12(15)11-8-14(17-5)13(16-4)7-10(11)3/h7-9H,6H2,1-5H3. The Morgan fingerprint density at radius 1 is 1.18 bits per heavy atom. The van der Waals surface area contributed by atoms with Crippen molar-refractivity contribution in [1.29, 1.82) is 0 Å². The summed E-state index contributed by atoms with van der Waals surface area (Å²) in [5.74, 6) is 1.77. The van der Waals surface area contributed by atoms with E-state index < -0.39 is 0 Å². The molecule has 0 fully saturated rings. The van der Waals surface area contributed by atoms with E-state index in [2.05, 4.69) is 0 Å². The lowest BCUT2D eigenvalue weighted by Gasteiger charge is -2.12. The number of benzene rings is 1. The minimum Gasteiger partial charge on any atom is -0.493 e. The molecule has 0 aromatic heterocycles. The van der Waals surface area contributed by atoms with Crippen molar-refractivity contribution in [3.05, 3.63) is 23.3 Å². The summed E-state index contributed by atoms with van der Waals surface area (Å²) in [7, 11) is 3.16. The summed E-state index contributed by atoms with van der Waals surface area (Å²) >= 11 is 0. The van der Waals surface area contributed by atoms with Gasteiger partial charge in [-0.2, -0.15) is 0 Å². The molecule has 0 aliphatic heterocycles. The van der Waals surface area contributed by atoms with Crippen molar-refractivity contribution in [3.63, 3.8) is 0 Å². The van der Waals surface area contributed by atoms with Gasteiger partial charge in [0.1, 0.15) is 0 Å². The highest BCUT2D eigenvalue weighted by Gasteiger charge is 2.15. The number of ether oxygens (including phenoxy) is 2. The highest BCUT2D eigenvalue weighted by atomic mass is 16.5. The SMILES string of the molecule is COc1cc(C)c(C(=O)CC(C)C)cc1OC. The smallest absolute Gasteiger partial charge is 0.163 e. The first kappa shape index (κ1) is 13.6. The molecule has 0 spiro atoms. The predicted octanol–water partition coefficient (Wildman–Crippen LogP) is 3.24. The molecule has 0 aliphatic rings. The van der Waals surface area contributed by atoms with Crippen LogP contribution in [0.2, 0.25) is 0 Å². The lowest BCUT2D eigenvalue weighted by molar-refractivity contribution is 0.0967. The van der Waals surface area contributed by atoms with E-state index in [-0.39, 0.29) is 5.78 Å². The van der Waals surface area contributed by atoms with Gasteiger partial charge in [0.2, 0.25) is 0 Å². The molecule has 0 saturated carbocycles. The van der Waals surface area contributed by atoms with Gasteiger partial charge in [-0.15, -0.1) is 0 Å². The summed E-state index contributed by atoms with van der Waals surface area (Å²) in [6.45, 7) is 5.98. The van der Waals surface area contributed by atoms with Crippen LogP contribution in [0.3, 0.4) is 0 Å². The van der Waals surface area contributed by atoms with Crippen molar-refractivity contribution in [2.24, 2.45) is 5.92 Å². The maximum Gasteiger partial charge on any atom is 0.163 e. The second kappa shape index (κ2) is 5.71. The van der Waals surface area contributed by atoms with Crippen molar-refractivity contribution < 1.29 is 14.3 Å². The van der Waals surface area contributed by atoms with Crippen LogP contribution >= 0.6 is 0 Å². The van der Waals surface area contributed by atoms with Crippen LogP contribution in [-0.2, 0) is 0 Å². The van der Waals surface area contributed by atoms with Gasteiger partial charge in [0, 0.05) is 12.0 Å². The Labute approximate surface area is 103 Å². The Hall–Kier alpha value is -1.51. The molecule has 1 rings (SSSR count). The van der Waals surface area contributed by atoms with Gasteiger partial charge in [-0.1, -0.05) is 13.8 Å². The molecule has 0 N–H and O–H groups in total. The Kier molecular flexibility index (Phi) is 4.55. The quantitative estimate of drug-likeness (QED) is 0.736. The van der Waals surface area contributed by atoms with E-state index in [1.807, 2.05) is 26.8 Å². The second-order valence-electron chi connectivity index (χ2n) is 4.54. The largest absolute Gasteiger partial charge is 0.493 e. The number of carbonyl (C=O) groups is 1. The van der Waals surface area contributed by atoms with Crippen molar-refractivity contribution >= 4 is 5.78 Å². The molecule has 1 aromatic rings. The van der Waals surface area contributed by atoms with Gasteiger partial charge in [-0.05, 0) is 30.5 Å². The third-order valence-corrected chi connectivity index (χ3v) is 2.62. The first-order valence-electron chi connectivity index (χ1n) is 5.75. The topological polar surface area (TPSA) is 35.5 Å². The lowest BCUT2D eigenvalue weighted by Crippen LogP contribution is -2.06. The summed E-state index contributed by atoms with van der Waals surface area (Å²) in [6, 6.07) is 3.60. The molecule has 0 saturated heterocycles. The van der Waals surface area contributed by atoms with Crippen LogP contribution in [0, 0.1) is 12.8 Å². The van der Waals surface area contributed by atoms with Gasteiger partial charge in [0.05, 0.1) is 14.2 Å². The van der Waals surface area contributed by atoms with Crippen LogP contribution in [0.4, 0.5) is 0 Å². The molecule has 0 amide bonds. The maximum absolute atomic E-state index is 12.0. The van der Waals surface area contributed by atoms with Crippen LogP contribution in [0.15, 0.2) is 12.1 Å².